The Kier molecular flexibility index (Phi) is 6.73. The molecule has 2 fully saturated rings. The number of thiocarbonyl (C=S) groups is 2. The number of nitrogens with one attached hydrogen (secondary N) is 2. The lowest BCUT2D eigenvalue weighted by molar-refractivity contribution is -0.119. The highest BCUT2D eigenvalue weighted by atomic mass is 32.1. The van der Waals surface area contributed by atoms with Crippen molar-refractivity contribution >= 4 is 57.8 Å². The summed E-state index contributed by atoms with van der Waals surface area (Å²) < 4.78 is 5.96. The lowest BCUT2D eigenvalue weighted by atomic mass is 10.1. The second kappa shape index (κ2) is 10.5. The first-order chi connectivity index (χ1) is 19.8. The standard InChI is InChI=1S/C30H22N4O5S2/c35-21-13-18(26-28(38)34(30(41)32-26)20-9-5-2-6-10-20)14-22(16-21)39-24-15-17(11-12-23(24)36)25-27(37)33(29(40)31-25)19-7-3-1-4-8-19/h1-16,25-26,35-36H,(H,31,40)(H,32,41). The summed E-state index contributed by atoms with van der Waals surface area (Å²) in [5.74, 6) is -0.709. The van der Waals surface area contributed by atoms with Gasteiger partial charge in [0, 0.05) is 6.07 Å². The van der Waals surface area contributed by atoms with E-state index in [9.17, 15) is 19.8 Å². The second-order valence-corrected chi connectivity index (χ2v) is 10.1. The molecule has 2 aliphatic rings. The van der Waals surface area contributed by atoms with E-state index >= 15 is 0 Å². The van der Waals surface area contributed by atoms with Crippen LogP contribution in [-0.2, 0) is 9.59 Å². The molecular weight excluding hydrogens is 560 g/mol. The molecule has 0 radical (unpaired) electrons. The van der Waals surface area contributed by atoms with Crippen LogP contribution in [0.4, 0.5) is 11.4 Å². The highest BCUT2D eigenvalue weighted by molar-refractivity contribution is 7.80. The molecule has 6 rings (SSSR count). The number of hydrogen-bond acceptors (Lipinski definition) is 7. The first kappa shape index (κ1) is 26.2. The molecule has 2 atom stereocenters. The number of nitrogens with zero attached hydrogens (tertiary/aromatic N) is 2. The van der Waals surface area contributed by atoms with Gasteiger partial charge in [-0.1, -0.05) is 42.5 Å². The van der Waals surface area contributed by atoms with Gasteiger partial charge in [0.05, 0.1) is 11.4 Å². The van der Waals surface area contributed by atoms with E-state index in [0.717, 1.165) is 0 Å². The van der Waals surface area contributed by atoms with Gasteiger partial charge in [-0.2, -0.15) is 0 Å². The van der Waals surface area contributed by atoms with Crippen LogP contribution in [0, 0.1) is 0 Å². The van der Waals surface area contributed by atoms with Crippen LogP contribution >= 0.6 is 24.4 Å². The summed E-state index contributed by atoms with van der Waals surface area (Å²) in [7, 11) is 0. The predicted octanol–water partition coefficient (Wildman–Crippen LogP) is 4.81. The number of carbonyl (C=O) groups is 2. The zero-order valence-corrected chi connectivity index (χ0v) is 22.9. The monoisotopic (exact) mass is 582 g/mol. The van der Waals surface area contributed by atoms with E-state index in [1.807, 2.05) is 24.3 Å². The second-order valence-electron chi connectivity index (χ2n) is 9.37. The molecule has 204 valence electrons. The first-order valence-corrected chi connectivity index (χ1v) is 13.4. The normalized spacial score (nSPS) is 18.4. The van der Waals surface area contributed by atoms with Crippen molar-refractivity contribution in [1.29, 1.82) is 0 Å². The van der Waals surface area contributed by atoms with E-state index in [1.165, 1.54) is 34.1 Å². The smallest absolute Gasteiger partial charge is 0.260 e. The molecule has 4 aromatic rings. The molecule has 0 spiro atoms. The Morgan fingerprint density at radius 2 is 1.20 bits per heavy atom. The number of para-hydroxylation sites is 2. The van der Waals surface area contributed by atoms with Gasteiger partial charge in [-0.3, -0.25) is 19.4 Å². The van der Waals surface area contributed by atoms with Crippen molar-refractivity contribution in [3.8, 4) is 23.0 Å². The first-order valence-electron chi connectivity index (χ1n) is 12.5. The average molecular weight is 583 g/mol. The maximum atomic E-state index is 13.3. The van der Waals surface area contributed by atoms with Gasteiger partial charge in [-0.05, 0) is 84.1 Å². The minimum atomic E-state index is -0.859. The molecule has 2 heterocycles. The molecule has 4 aromatic carbocycles. The lowest BCUT2D eigenvalue weighted by Crippen LogP contribution is -2.30. The third kappa shape index (κ3) is 4.92. The van der Waals surface area contributed by atoms with Crippen molar-refractivity contribution in [3.63, 3.8) is 0 Å². The number of phenolic OH excluding ortho intramolecular Hbond substituents is 2. The van der Waals surface area contributed by atoms with Crippen LogP contribution in [0.15, 0.2) is 97.1 Å². The van der Waals surface area contributed by atoms with Crippen molar-refractivity contribution < 1.29 is 24.5 Å². The number of benzene rings is 4. The number of ether oxygens (including phenoxy) is 1. The van der Waals surface area contributed by atoms with Crippen LogP contribution in [0.2, 0.25) is 0 Å². The molecule has 2 amide bonds. The molecule has 2 unspecified atom stereocenters. The number of amides is 2. The van der Waals surface area contributed by atoms with Crippen molar-refractivity contribution in [1.82, 2.24) is 10.6 Å². The minimum absolute atomic E-state index is 0.0462. The molecule has 9 nitrogen and oxygen atoms in total. The molecule has 41 heavy (non-hydrogen) atoms. The Morgan fingerprint density at radius 1 is 0.659 bits per heavy atom. The van der Waals surface area contributed by atoms with Crippen LogP contribution in [0.1, 0.15) is 23.2 Å². The fourth-order valence-electron chi connectivity index (χ4n) is 4.80. The summed E-state index contributed by atoms with van der Waals surface area (Å²) in [5.41, 5.74) is 2.19. The third-order valence-electron chi connectivity index (χ3n) is 6.70. The molecule has 11 heteroatoms. The van der Waals surface area contributed by atoms with Gasteiger partial charge in [0.2, 0.25) is 0 Å². The highest BCUT2D eigenvalue weighted by Gasteiger charge is 2.39. The van der Waals surface area contributed by atoms with Crippen LogP contribution in [0.25, 0.3) is 0 Å². The summed E-state index contributed by atoms with van der Waals surface area (Å²) >= 11 is 10.8. The molecule has 0 aliphatic carbocycles. The van der Waals surface area contributed by atoms with E-state index in [0.29, 0.717) is 22.5 Å². The molecule has 0 aromatic heterocycles. The number of carbonyl (C=O) groups excluding carboxylic acids is 2. The Bertz CT molecular complexity index is 1700. The molecule has 0 bridgehead atoms. The number of aromatic hydroxyl groups is 2. The Labute approximate surface area is 245 Å². The van der Waals surface area contributed by atoms with E-state index in [1.54, 1.807) is 48.5 Å². The van der Waals surface area contributed by atoms with Gasteiger partial charge >= 0.3 is 0 Å². The van der Waals surface area contributed by atoms with E-state index < -0.39 is 12.1 Å². The molecule has 2 aliphatic heterocycles. The van der Waals surface area contributed by atoms with Crippen LogP contribution in [0.5, 0.6) is 23.0 Å². The predicted molar refractivity (Wildman–Crippen MR) is 161 cm³/mol. The summed E-state index contributed by atoms with van der Waals surface area (Å²) in [6.45, 7) is 0. The molecule has 2 saturated heterocycles. The zero-order chi connectivity index (χ0) is 28.7. The van der Waals surface area contributed by atoms with Gasteiger partial charge in [-0.15, -0.1) is 0 Å². The molecular formula is C30H22N4O5S2. The third-order valence-corrected chi connectivity index (χ3v) is 7.30. The SMILES string of the molecule is O=C1C(c2cc(O)cc(Oc3cc(C4NC(=S)N(c5ccccc5)C4=O)ccc3O)c2)NC(=S)N1c1ccccc1. The number of anilines is 2. The van der Waals surface area contributed by atoms with Crippen molar-refractivity contribution in [2.24, 2.45) is 0 Å². The van der Waals surface area contributed by atoms with Crippen molar-refractivity contribution in [3.05, 3.63) is 108 Å². The number of rotatable bonds is 6. The van der Waals surface area contributed by atoms with Crippen LogP contribution in [0.3, 0.4) is 0 Å². The summed E-state index contributed by atoms with van der Waals surface area (Å²) in [6.07, 6.45) is 0. The Balaban J connectivity index is 1.26. The average Bonchev–Trinajstić information content (AvgIpc) is 3.44. The lowest BCUT2D eigenvalue weighted by Gasteiger charge is -2.16. The van der Waals surface area contributed by atoms with Gasteiger partial charge in [0.25, 0.3) is 11.8 Å². The highest BCUT2D eigenvalue weighted by Crippen LogP contribution is 2.38. The summed E-state index contributed by atoms with van der Waals surface area (Å²) in [5, 5.41) is 27.5. The molecule has 4 N–H and O–H groups in total. The van der Waals surface area contributed by atoms with E-state index in [-0.39, 0.29) is 45.0 Å². The maximum absolute atomic E-state index is 13.3. The van der Waals surface area contributed by atoms with Gasteiger partial charge < -0.3 is 25.6 Å². The van der Waals surface area contributed by atoms with Gasteiger partial charge in [-0.25, -0.2) is 0 Å². The Hall–Kier alpha value is -5.00. The topological polar surface area (TPSA) is 114 Å². The quantitative estimate of drug-likeness (QED) is 0.238. The van der Waals surface area contributed by atoms with Gasteiger partial charge in [0.1, 0.15) is 23.6 Å². The summed E-state index contributed by atoms with van der Waals surface area (Å²) in [6, 6.07) is 25.3. The fraction of sp³-hybridized carbons (Fsp3) is 0.0667. The van der Waals surface area contributed by atoms with E-state index in [4.69, 9.17) is 29.2 Å². The largest absolute Gasteiger partial charge is 0.508 e. The minimum Gasteiger partial charge on any atom is -0.508 e. The van der Waals surface area contributed by atoms with Crippen molar-refractivity contribution in [2.75, 3.05) is 9.80 Å². The van der Waals surface area contributed by atoms with Crippen LogP contribution in [-0.4, -0.2) is 32.3 Å². The zero-order valence-electron chi connectivity index (χ0n) is 21.2. The number of hydrogen-bond donors (Lipinski definition) is 4. The van der Waals surface area contributed by atoms with Crippen molar-refractivity contribution in [2.45, 2.75) is 12.1 Å². The summed E-state index contributed by atoms with van der Waals surface area (Å²) in [4.78, 5) is 29.4. The number of phenols is 2. The Morgan fingerprint density at radius 3 is 1.76 bits per heavy atom. The van der Waals surface area contributed by atoms with Crippen LogP contribution < -0.4 is 25.2 Å². The van der Waals surface area contributed by atoms with E-state index in [2.05, 4.69) is 10.6 Å². The fourth-order valence-corrected chi connectivity index (χ4v) is 5.43. The maximum Gasteiger partial charge on any atom is 0.260 e. The van der Waals surface area contributed by atoms with Gasteiger partial charge in [0.15, 0.2) is 21.7 Å². The molecule has 0 saturated carbocycles.